The second-order valence-corrected chi connectivity index (χ2v) is 6.14. The normalized spacial score (nSPS) is 17.2. The van der Waals surface area contributed by atoms with Crippen LogP contribution in [0.4, 0.5) is 0 Å². The van der Waals surface area contributed by atoms with Crippen LogP contribution in [0.3, 0.4) is 0 Å². The molecule has 0 atom stereocenters. The molecule has 108 valence electrons. The number of piperidine rings is 1. The molecular weight excluding hydrogens is 246 g/mol. The first-order valence-corrected chi connectivity index (χ1v) is 7.91. The van der Waals surface area contributed by atoms with Gasteiger partial charge in [0.15, 0.2) is 0 Å². The lowest BCUT2D eigenvalue weighted by Gasteiger charge is -2.22. The third-order valence-corrected chi connectivity index (χ3v) is 4.49. The summed E-state index contributed by atoms with van der Waals surface area (Å²) < 4.78 is 2.41. The number of hydrogen-bond acceptors (Lipinski definition) is 2. The van der Waals surface area contributed by atoms with Gasteiger partial charge in [0, 0.05) is 12.5 Å². The van der Waals surface area contributed by atoms with Gasteiger partial charge < -0.3 is 9.88 Å². The standard InChI is InChI=1S/C17H25N3/c1-4-20-16-6-5-14(12(2)3)11-15(16)19-17(20)13-7-9-18-10-8-13/h5-6,11-13,18H,4,7-10H2,1-3H3. The Morgan fingerprint density at radius 1 is 1.30 bits per heavy atom. The molecule has 0 unspecified atom stereocenters. The van der Waals surface area contributed by atoms with E-state index in [1.807, 2.05) is 0 Å². The summed E-state index contributed by atoms with van der Waals surface area (Å²) in [4.78, 5) is 4.99. The van der Waals surface area contributed by atoms with E-state index in [2.05, 4.69) is 48.9 Å². The van der Waals surface area contributed by atoms with Crippen molar-refractivity contribution in [2.24, 2.45) is 0 Å². The third kappa shape index (κ3) is 2.35. The van der Waals surface area contributed by atoms with Crippen LogP contribution in [0.25, 0.3) is 11.0 Å². The third-order valence-electron chi connectivity index (χ3n) is 4.49. The monoisotopic (exact) mass is 271 g/mol. The number of rotatable bonds is 3. The van der Waals surface area contributed by atoms with Gasteiger partial charge in [0.05, 0.1) is 11.0 Å². The highest BCUT2D eigenvalue weighted by atomic mass is 15.1. The lowest BCUT2D eigenvalue weighted by atomic mass is 9.97. The minimum absolute atomic E-state index is 0.563. The van der Waals surface area contributed by atoms with Gasteiger partial charge in [-0.3, -0.25) is 0 Å². The number of hydrogen-bond donors (Lipinski definition) is 1. The van der Waals surface area contributed by atoms with E-state index in [0.29, 0.717) is 11.8 Å². The molecular formula is C17H25N3. The molecule has 2 aromatic rings. The van der Waals surface area contributed by atoms with Crippen molar-refractivity contribution in [1.29, 1.82) is 0 Å². The molecule has 2 heterocycles. The molecule has 3 heteroatoms. The first kappa shape index (κ1) is 13.6. The second-order valence-electron chi connectivity index (χ2n) is 6.14. The minimum atomic E-state index is 0.563. The Morgan fingerprint density at radius 2 is 2.05 bits per heavy atom. The lowest BCUT2D eigenvalue weighted by molar-refractivity contribution is 0.434. The number of aromatic nitrogens is 2. The second kappa shape index (κ2) is 5.57. The van der Waals surface area contributed by atoms with Gasteiger partial charge in [-0.05, 0) is 56.5 Å². The van der Waals surface area contributed by atoms with E-state index in [1.54, 1.807) is 0 Å². The van der Waals surface area contributed by atoms with Gasteiger partial charge in [-0.15, -0.1) is 0 Å². The van der Waals surface area contributed by atoms with Crippen molar-refractivity contribution in [3.8, 4) is 0 Å². The predicted octanol–water partition coefficient (Wildman–Crippen LogP) is 3.65. The molecule has 1 saturated heterocycles. The molecule has 1 fully saturated rings. The Bertz CT molecular complexity index is 592. The molecule has 3 nitrogen and oxygen atoms in total. The van der Waals surface area contributed by atoms with Crippen molar-refractivity contribution in [3.05, 3.63) is 29.6 Å². The van der Waals surface area contributed by atoms with E-state index in [9.17, 15) is 0 Å². The van der Waals surface area contributed by atoms with Gasteiger partial charge in [-0.1, -0.05) is 19.9 Å². The van der Waals surface area contributed by atoms with Crippen LogP contribution in [0, 0.1) is 0 Å². The quantitative estimate of drug-likeness (QED) is 0.923. The maximum absolute atomic E-state index is 4.99. The topological polar surface area (TPSA) is 29.9 Å². The SMILES string of the molecule is CCn1c(C2CCNCC2)nc2cc(C(C)C)ccc21. The summed E-state index contributed by atoms with van der Waals surface area (Å²) in [5, 5.41) is 3.44. The highest BCUT2D eigenvalue weighted by Gasteiger charge is 2.21. The minimum Gasteiger partial charge on any atom is -0.328 e. The van der Waals surface area contributed by atoms with E-state index < -0.39 is 0 Å². The van der Waals surface area contributed by atoms with Crippen LogP contribution in [0.1, 0.15) is 56.8 Å². The molecule has 1 aromatic carbocycles. The smallest absolute Gasteiger partial charge is 0.113 e. The molecule has 1 aliphatic heterocycles. The van der Waals surface area contributed by atoms with Crippen molar-refractivity contribution in [2.45, 2.75) is 52.0 Å². The number of nitrogens with one attached hydrogen (secondary N) is 1. The zero-order chi connectivity index (χ0) is 14.1. The van der Waals surface area contributed by atoms with E-state index in [1.165, 1.54) is 35.3 Å². The molecule has 0 amide bonds. The van der Waals surface area contributed by atoms with Crippen LogP contribution < -0.4 is 5.32 Å². The van der Waals surface area contributed by atoms with E-state index >= 15 is 0 Å². The van der Waals surface area contributed by atoms with Gasteiger partial charge in [0.2, 0.25) is 0 Å². The molecule has 20 heavy (non-hydrogen) atoms. The van der Waals surface area contributed by atoms with Crippen LogP contribution in [0.15, 0.2) is 18.2 Å². The fourth-order valence-corrected chi connectivity index (χ4v) is 3.25. The summed E-state index contributed by atoms with van der Waals surface area (Å²) in [5.74, 6) is 2.48. The van der Waals surface area contributed by atoms with Crippen molar-refractivity contribution in [1.82, 2.24) is 14.9 Å². The van der Waals surface area contributed by atoms with E-state index in [4.69, 9.17) is 4.98 Å². The average Bonchev–Trinajstić information content (AvgIpc) is 2.85. The van der Waals surface area contributed by atoms with E-state index in [-0.39, 0.29) is 0 Å². The maximum Gasteiger partial charge on any atom is 0.113 e. The van der Waals surface area contributed by atoms with Crippen LogP contribution in [-0.2, 0) is 6.54 Å². The Labute approximate surface area is 121 Å². The largest absolute Gasteiger partial charge is 0.328 e. The maximum atomic E-state index is 4.99. The van der Waals surface area contributed by atoms with E-state index in [0.717, 1.165) is 19.6 Å². The van der Waals surface area contributed by atoms with Crippen molar-refractivity contribution < 1.29 is 0 Å². The van der Waals surface area contributed by atoms with Gasteiger partial charge >= 0.3 is 0 Å². The fourth-order valence-electron chi connectivity index (χ4n) is 3.25. The number of imidazole rings is 1. The molecule has 1 N–H and O–H groups in total. The zero-order valence-corrected chi connectivity index (χ0v) is 12.8. The molecule has 0 aliphatic carbocycles. The Hall–Kier alpha value is -1.35. The van der Waals surface area contributed by atoms with Crippen molar-refractivity contribution in [3.63, 3.8) is 0 Å². The van der Waals surface area contributed by atoms with Gasteiger partial charge in [-0.2, -0.15) is 0 Å². The summed E-state index contributed by atoms with van der Waals surface area (Å²) in [6.45, 7) is 9.96. The highest BCUT2D eigenvalue weighted by Crippen LogP contribution is 2.29. The molecule has 0 bridgehead atoms. The van der Waals surface area contributed by atoms with Gasteiger partial charge in [0.25, 0.3) is 0 Å². The summed E-state index contributed by atoms with van der Waals surface area (Å²) in [5.41, 5.74) is 3.85. The number of nitrogens with zero attached hydrogens (tertiary/aromatic N) is 2. The highest BCUT2D eigenvalue weighted by molar-refractivity contribution is 5.77. The number of fused-ring (bicyclic) bond motifs is 1. The van der Waals surface area contributed by atoms with Crippen molar-refractivity contribution in [2.75, 3.05) is 13.1 Å². The summed E-state index contributed by atoms with van der Waals surface area (Å²) in [6, 6.07) is 6.79. The Kier molecular flexibility index (Phi) is 3.79. The molecule has 0 spiro atoms. The van der Waals surface area contributed by atoms with Crippen LogP contribution in [0.2, 0.25) is 0 Å². The molecule has 0 radical (unpaired) electrons. The Morgan fingerprint density at radius 3 is 2.70 bits per heavy atom. The number of benzene rings is 1. The average molecular weight is 271 g/mol. The number of aryl methyl sites for hydroxylation is 1. The fraction of sp³-hybridized carbons (Fsp3) is 0.588. The summed E-state index contributed by atoms with van der Waals surface area (Å²) >= 11 is 0. The lowest BCUT2D eigenvalue weighted by Crippen LogP contribution is -2.28. The van der Waals surface area contributed by atoms with Gasteiger partial charge in [0.1, 0.15) is 5.82 Å². The molecule has 1 aliphatic rings. The van der Waals surface area contributed by atoms with Crippen molar-refractivity contribution >= 4 is 11.0 Å². The van der Waals surface area contributed by atoms with Gasteiger partial charge in [-0.25, -0.2) is 4.98 Å². The zero-order valence-electron chi connectivity index (χ0n) is 12.8. The van der Waals surface area contributed by atoms with Crippen LogP contribution in [-0.4, -0.2) is 22.6 Å². The van der Waals surface area contributed by atoms with Crippen LogP contribution in [0.5, 0.6) is 0 Å². The Balaban J connectivity index is 2.07. The molecule has 1 aromatic heterocycles. The summed E-state index contributed by atoms with van der Waals surface area (Å²) in [7, 11) is 0. The first-order valence-electron chi connectivity index (χ1n) is 7.91. The summed E-state index contributed by atoms with van der Waals surface area (Å²) in [6.07, 6.45) is 2.42. The molecule has 3 rings (SSSR count). The first-order chi connectivity index (χ1) is 9.70. The predicted molar refractivity (Wildman–Crippen MR) is 84.3 cm³/mol. The molecule has 0 saturated carbocycles. The van der Waals surface area contributed by atoms with Crippen LogP contribution >= 0.6 is 0 Å².